The molecule has 1 aromatic carbocycles. The van der Waals surface area contributed by atoms with Crippen LogP contribution in [0, 0.1) is 17.8 Å². The zero-order valence-corrected chi connectivity index (χ0v) is 17.3. The van der Waals surface area contributed by atoms with Gasteiger partial charge >= 0.3 is 6.03 Å². The number of aromatic nitrogens is 2. The van der Waals surface area contributed by atoms with Crippen molar-refractivity contribution in [3.8, 4) is 22.4 Å². The number of rotatable bonds is 3. The van der Waals surface area contributed by atoms with Crippen LogP contribution in [0.3, 0.4) is 0 Å². The van der Waals surface area contributed by atoms with Gasteiger partial charge in [0.15, 0.2) is 0 Å². The molecule has 4 bridgehead atoms. The van der Waals surface area contributed by atoms with Crippen molar-refractivity contribution in [2.75, 3.05) is 7.05 Å². The molecule has 5 heteroatoms. The number of imidazole rings is 1. The second kappa shape index (κ2) is 6.59. The molecule has 4 fully saturated rings. The predicted molar refractivity (Wildman–Crippen MR) is 115 cm³/mol. The van der Waals surface area contributed by atoms with Gasteiger partial charge in [-0.25, -0.2) is 9.78 Å². The fourth-order valence-corrected chi connectivity index (χ4v) is 6.72. The minimum atomic E-state index is 0.0432. The van der Waals surface area contributed by atoms with Gasteiger partial charge in [0.2, 0.25) is 0 Å². The van der Waals surface area contributed by atoms with E-state index in [1.807, 2.05) is 36.3 Å². The maximum absolute atomic E-state index is 13.4. The predicted octanol–water partition coefficient (Wildman–Crippen LogP) is 5.68. The lowest BCUT2D eigenvalue weighted by atomic mass is 9.52. The van der Waals surface area contributed by atoms with Crippen LogP contribution in [0.2, 0.25) is 0 Å². The highest BCUT2D eigenvalue weighted by Crippen LogP contribution is 2.57. The molecule has 4 aliphatic carbocycles. The molecule has 0 spiro atoms. The van der Waals surface area contributed by atoms with Gasteiger partial charge in [0.25, 0.3) is 0 Å². The standard InChI is InChI=1S/C25H27N3O2/c1-27(25-11-17-7-18(12-25)9-19(8-17)13-25)24(29)28-14-23(26-16-28)21-4-2-3-20(10-21)22-5-6-30-15-22/h2-6,10,14-19H,7-9,11-13H2,1H3. The molecule has 1 amide bonds. The molecule has 4 aliphatic rings. The van der Waals surface area contributed by atoms with E-state index in [9.17, 15) is 4.79 Å². The molecule has 0 unspecified atom stereocenters. The number of hydrogen-bond donors (Lipinski definition) is 0. The second-order valence-corrected chi connectivity index (χ2v) is 9.74. The average molecular weight is 402 g/mol. The number of carbonyl (C=O) groups excluding carboxylic acids is 1. The zero-order valence-electron chi connectivity index (χ0n) is 17.3. The van der Waals surface area contributed by atoms with Gasteiger partial charge in [0.05, 0.1) is 18.2 Å². The third-order valence-corrected chi connectivity index (χ3v) is 7.82. The van der Waals surface area contributed by atoms with Crippen molar-refractivity contribution in [3.05, 3.63) is 55.4 Å². The number of furan rings is 1. The van der Waals surface area contributed by atoms with Crippen molar-refractivity contribution in [3.63, 3.8) is 0 Å². The summed E-state index contributed by atoms with van der Waals surface area (Å²) in [6.45, 7) is 0. The number of benzene rings is 1. The van der Waals surface area contributed by atoms with E-state index < -0.39 is 0 Å². The van der Waals surface area contributed by atoms with E-state index in [0.29, 0.717) is 0 Å². The van der Waals surface area contributed by atoms with Crippen LogP contribution in [-0.2, 0) is 0 Å². The number of amides is 1. The van der Waals surface area contributed by atoms with Crippen molar-refractivity contribution in [2.24, 2.45) is 17.8 Å². The van der Waals surface area contributed by atoms with Gasteiger partial charge in [-0.1, -0.05) is 18.2 Å². The van der Waals surface area contributed by atoms with Crippen LogP contribution < -0.4 is 0 Å². The fraction of sp³-hybridized carbons (Fsp3) is 0.440. The Balaban J connectivity index is 1.26. The third-order valence-electron chi connectivity index (χ3n) is 7.82. The lowest BCUT2D eigenvalue weighted by Crippen LogP contribution is -2.60. The molecule has 2 heterocycles. The Labute approximate surface area is 176 Å². The van der Waals surface area contributed by atoms with E-state index in [2.05, 4.69) is 17.1 Å². The summed E-state index contributed by atoms with van der Waals surface area (Å²) in [5, 5.41) is 0. The SMILES string of the molecule is CN(C(=O)n1cnc(-c2cccc(-c3ccoc3)c2)c1)C12CC3CC(CC(C3)C1)C2. The van der Waals surface area contributed by atoms with E-state index in [0.717, 1.165) is 40.1 Å². The molecule has 3 aromatic rings. The van der Waals surface area contributed by atoms with Gasteiger partial charge in [-0.3, -0.25) is 4.57 Å². The highest BCUT2D eigenvalue weighted by atomic mass is 16.3. The Hall–Kier alpha value is -2.82. The van der Waals surface area contributed by atoms with Crippen LogP contribution in [0.4, 0.5) is 4.79 Å². The molecule has 0 N–H and O–H groups in total. The maximum atomic E-state index is 13.4. The summed E-state index contributed by atoms with van der Waals surface area (Å²) >= 11 is 0. The van der Waals surface area contributed by atoms with E-state index in [-0.39, 0.29) is 11.6 Å². The van der Waals surface area contributed by atoms with Crippen LogP contribution in [0.1, 0.15) is 38.5 Å². The number of nitrogens with zero attached hydrogens (tertiary/aromatic N) is 3. The highest BCUT2D eigenvalue weighted by Gasteiger charge is 2.53. The topological polar surface area (TPSA) is 51.3 Å². The molecule has 7 rings (SSSR count). The first kappa shape index (κ1) is 18.0. The fourth-order valence-electron chi connectivity index (χ4n) is 6.72. The number of carbonyl (C=O) groups is 1. The Kier molecular flexibility index (Phi) is 3.95. The second-order valence-electron chi connectivity index (χ2n) is 9.74. The van der Waals surface area contributed by atoms with Crippen LogP contribution in [0.25, 0.3) is 22.4 Å². The molecule has 154 valence electrons. The smallest absolute Gasteiger partial charge is 0.329 e. The van der Waals surface area contributed by atoms with Crippen molar-refractivity contribution in [1.82, 2.24) is 14.5 Å². The first-order chi connectivity index (χ1) is 14.6. The van der Waals surface area contributed by atoms with Gasteiger partial charge in [-0.2, -0.15) is 0 Å². The largest absolute Gasteiger partial charge is 0.472 e. The summed E-state index contributed by atoms with van der Waals surface area (Å²) in [5.74, 6) is 2.45. The van der Waals surface area contributed by atoms with E-state index >= 15 is 0 Å². The summed E-state index contributed by atoms with van der Waals surface area (Å²) in [6.07, 6.45) is 14.6. The van der Waals surface area contributed by atoms with Gasteiger partial charge in [0.1, 0.15) is 6.33 Å². The lowest BCUT2D eigenvalue weighted by Gasteiger charge is -2.59. The van der Waals surface area contributed by atoms with Crippen LogP contribution in [-0.4, -0.2) is 33.1 Å². The first-order valence-corrected chi connectivity index (χ1v) is 11.0. The van der Waals surface area contributed by atoms with Gasteiger partial charge in [-0.15, -0.1) is 0 Å². The van der Waals surface area contributed by atoms with Crippen LogP contribution >= 0.6 is 0 Å². The highest BCUT2D eigenvalue weighted by molar-refractivity contribution is 5.79. The average Bonchev–Trinajstić information content (AvgIpc) is 3.44. The van der Waals surface area contributed by atoms with Crippen molar-refractivity contribution in [2.45, 2.75) is 44.1 Å². The summed E-state index contributed by atoms with van der Waals surface area (Å²) < 4.78 is 6.87. The molecule has 0 radical (unpaired) electrons. The van der Waals surface area contributed by atoms with Crippen LogP contribution in [0.15, 0.2) is 59.8 Å². The Morgan fingerprint density at radius 1 is 1.07 bits per heavy atom. The lowest BCUT2D eigenvalue weighted by molar-refractivity contribution is -0.0620. The molecular formula is C25H27N3O2. The maximum Gasteiger partial charge on any atom is 0.329 e. The van der Waals surface area contributed by atoms with Gasteiger partial charge in [-0.05, 0) is 74.0 Å². The monoisotopic (exact) mass is 401 g/mol. The van der Waals surface area contributed by atoms with Gasteiger partial charge in [0, 0.05) is 29.9 Å². The molecule has 2 aromatic heterocycles. The number of hydrogen-bond acceptors (Lipinski definition) is 3. The van der Waals surface area contributed by atoms with E-state index in [1.54, 1.807) is 23.4 Å². The molecule has 30 heavy (non-hydrogen) atoms. The Bertz CT molecular complexity index is 1050. The normalized spacial score (nSPS) is 29.3. The first-order valence-electron chi connectivity index (χ1n) is 11.0. The minimum Gasteiger partial charge on any atom is -0.472 e. The molecular weight excluding hydrogens is 374 g/mol. The van der Waals surface area contributed by atoms with E-state index in [4.69, 9.17) is 4.42 Å². The molecule has 4 saturated carbocycles. The summed E-state index contributed by atoms with van der Waals surface area (Å²) in [5.41, 5.74) is 3.98. The Morgan fingerprint density at radius 3 is 2.43 bits per heavy atom. The van der Waals surface area contributed by atoms with Crippen LogP contribution in [0.5, 0.6) is 0 Å². The zero-order chi connectivity index (χ0) is 20.3. The van der Waals surface area contributed by atoms with Gasteiger partial charge < -0.3 is 9.32 Å². The van der Waals surface area contributed by atoms with Crippen molar-refractivity contribution >= 4 is 6.03 Å². The molecule has 0 aliphatic heterocycles. The Morgan fingerprint density at radius 2 is 1.77 bits per heavy atom. The molecule has 5 nitrogen and oxygen atoms in total. The minimum absolute atomic E-state index is 0.0432. The molecule has 0 atom stereocenters. The van der Waals surface area contributed by atoms with Crippen molar-refractivity contribution in [1.29, 1.82) is 0 Å². The summed E-state index contributed by atoms with van der Waals surface area (Å²) in [7, 11) is 2.01. The quantitative estimate of drug-likeness (QED) is 0.567. The summed E-state index contributed by atoms with van der Waals surface area (Å²) in [4.78, 5) is 20.0. The summed E-state index contributed by atoms with van der Waals surface area (Å²) in [6, 6.07) is 10.2. The van der Waals surface area contributed by atoms with E-state index in [1.165, 1.54) is 38.5 Å². The van der Waals surface area contributed by atoms with Crippen molar-refractivity contribution < 1.29 is 9.21 Å². The molecule has 0 saturated heterocycles. The third kappa shape index (κ3) is 2.83.